The number of aromatic nitrogens is 1. The lowest BCUT2D eigenvalue weighted by Crippen LogP contribution is -2.15. The van der Waals surface area contributed by atoms with E-state index in [4.69, 9.17) is 9.88 Å². The van der Waals surface area contributed by atoms with Crippen LogP contribution in [0, 0.1) is 6.92 Å². The van der Waals surface area contributed by atoms with Gasteiger partial charge in [0.25, 0.3) is 0 Å². The number of fused-ring (bicyclic) bond motifs is 1. The van der Waals surface area contributed by atoms with Crippen LogP contribution in [-0.2, 0) is 21.3 Å². The van der Waals surface area contributed by atoms with Crippen LogP contribution in [0.15, 0.2) is 29.2 Å². The van der Waals surface area contributed by atoms with E-state index in [2.05, 4.69) is 0 Å². The van der Waals surface area contributed by atoms with Crippen molar-refractivity contribution in [3.8, 4) is 0 Å². The monoisotopic (exact) mass is 296 g/mol. The van der Waals surface area contributed by atoms with Gasteiger partial charge in [-0.2, -0.15) is 0 Å². The van der Waals surface area contributed by atoms with Gasteiger partial charge in [0, 0.05) is 23.1 Å². The van der Waals surface area contributed by atoms with E-state index in [9.17, 15) is 8.42 Å². The van der Waals surface area contributed by atoms with Crippen LogP contribution in [0.2, 0.25) is 0 Å². The highest BCUT2D eigenvalue weighted by atomic mass is 32.2. The van der Waals surface area contributed by atoms with Crippen molar-refractivity contribution in [3.05, 3.63) is 30.0 Å². The van der Waals surface area contributed by atoms with Crippen molar-refractivity contribution in [2.45, 2.75) is 38.3 Å². The molecule has 0 radical (unpaired) electrons. The van der Waals surface area contributed by atoms with E-state index in [1.807, 2.05) is 36.6 Å². The van der Waals surface area contributed by atoms with Crippen molar-refractivity contribution in [3.63, 3.8) is 0 Å². The molecule has 0 fully saturated rings. The summed E-state index contributed by atoms with van der Waals surface area (Å²) in [4.78, 5) is 0.206. The molecule has 2 aromatic rings. The lowest BCUT2D eigenvalue weighted by atomic mass is 10.2. The Morgan fingerprint density at radius 3 is 2.55 bits per heavy atom. The zero-order chi connectivity index (χ0) is 14.9. The molecule has 0 amide bonds. The van der Waals surface area contributed by atoms with Crippen molar-refractivity contribution in [2.24, 2.45) is 5.14 Å². The smallest absolute Gasteiger partial charge is 0.240 e. The Labute approximate surface area is 119 Å². The van der Waals surface area contributed by atoms with Crippen molar-refractivity contribution >= 4 is 20.9 Å². The van der Waals surface area contributed by atoms with Crippen LogP contribution in [0.5, 0.6) is 0 Å². The molecular weight excluding hydrogens is 276 g/mol. The largest absolute Gasteiger partial charge is 0.377 e. The van der Waals surface area contributed by atoms with Crippen molar-refractivity contribution in [2.75, 3.05) is 6.61 Å². The Kier molecular flexibility index (Phi) is 4.17. The highest BCUT2D eigenvalue weighted by molar-refractivity contribution is 7.89. The first kappa shape index (κ1) is 15.0. The van der Waals surface area contributed by atoms with Gasteiger partial charge in [-0.25, -0.2) is 13.6 Å². The fourth-order valence-electron chi connectivity index (χ4n) is 2.43. The first-order valence-corrected chi connectivity index (χ1v) is 8.09. The summed E-state index contributed by atoms with van der Waals surface area (Å²) in [5.74, 6) is 0. The molecule has 6 heteroatoms. The summed E-state index contributed by atoms with van der Waals surface area (Å²) < 4.78 is 31.1. The highest BCUT2D eigenvalue weighted by Gasteiger charge is 2.21. The molecule has 0 aliphatic heterocycles. The highest BCUT2D eigenvalue weighted by Crippen LogP contribution is 2.28. The van der Waals surface area contributed by atoms with Crippen molar-refractivity contribution in [1.82, 2.24) is 4.57 Å². The second-order valence-electron chi connectivity index (χ2n) is 5.05. The third kappa shape index (κ3) is 2.87. The predicted molar refractivity (Wildman–Crippen MR) is 79.1 cm³/mol. The van der Waals surface area contributed by atoms with Gasteiger partial charge in [-0.3, -0.25) is 0 Å². The number of nitrogens with two attached hydrogens (primary N) is 1. The number of primary sulfonamides is 1. The molecule has 20 heavy (non-hydrogen) atoms. The summed E-state index contributed by atoms with van der Waals surface area (Å²) in [5, 5.41) is 6.01. The molecule has 1 aromatic carbocycles. The Morgan fingerprint density at radius 1 is 1.30 bits per heavy atom. The number of hydrogen-bond acceptors (Lipinski definition) is 3. The van der Waals surface area contributed by atoms with Gasteiger partial charge in [-0.05, 0) is 26.8 Å². The van der Waals surface area contributed by atoms with Crippen LogP contribution in [-0.4, -0.2) is 25.7 Å². The SMILES string of the molecule is Cc1c(S(N)(=O)=O)c2ccccc2n1CCOC(C)C. The van der Waals surface area contributed by atoms with E-state index < -0.39 is 10.0 Å². The predicted octanol–water partition coefficient (Wildman–Crippen LogP) is 2.02. The molecule has 0 saturated carbocycles. The zero-order valence-electron chi connectivity index (χ0n) is 12.0. The molecule has 0 unspecified atom stereocenters. The Balaban J connectivity index is 2.52. The van der Waals surface area contributed by atoms with Crippen LogP contribution in [0.1, 0.15) is 19.5 Å². The first-order chi connectivity index (χ1) is 9.32. The number of sulfonamides is 1. The lowest BCUT2D eigenvalue weighted by Gasteiger charge is -2.11. The molecule has 0 aliphatic carbocycles. The van der Waals surface area contributed by atoms with E-state index in [-0.39, 0.29) is 11.0 Å². The average molecular weight is 296 g/mol. The summed E-state index contributed by atoms with van der Waals surface area (Å²) in [7, 11) is -3.74. The maximum atomic E-state index is 11.8. The molecule has 2 rings (SSSR count). The van der Waals surface area contributed by atoms with Crippen LogP contribution in [0.4, 0.5) is 0 Å². The van der Waals surface area contributed by atoms with E-state index >= 15 is 0 Å². The Hall–Kier alpha value is -1.37. The molecule has 0 saturated heterocycles. The van der Waals surface area contributed by atoms with Gasteiger partial charge in [0.2, 0.25) is 10.0 Å². The topological polar surface area (TPSA) is 74.3 Å². The number of rotatable bonds is 5. The minimum atomic E-state index is -3.74. The number of benzene rings is 1. The fraction of sp³-hybridized carbons (Fsp3) is 0.429. The number of ether oxygens (including phenoxy) is 1. The van der Waals surface area contributed by atoms with Gasteiger partial charge in [-0.15, -0.1) is 0 Å². The summed E-state index contributed by atoms with van der Waals surface area (Å²) in [6, 6.07) is 7.37. The molecule has 2 N–H and O–H groups in total. The van der Waals surface area contributed by atoms with E-state index in [1.165, 1.54) is 0 Å². The summed E-state index contributed by atoms with van der Waals surface area (Å²) >= 11 is 0. The van der Waals surface area contributed by atoms with Gasteiger partial charge in [0.1, 0.15) is 4.90 Å². The maximum absolute atomic E-state index is 11.8. The van der Waals surface area contributed by atoms with E-state index in [0.717, 1.165) is 5.52 Å². The molecule has 0 spiro atoms. The minimum Gasteiger partial charge on any atom is -0.377 e. The quantitative estimate of drug-likeness (QED) is 0.917. The third-order valence-electron chi connectivity index (χ3n) is 3.22. The lowest BCUT2D eigenvalue weighted by molar-refractivity contribution is 0.0730. The first-order valence-electron chi connectivity index (χ1n) is 6.54. The van der Waals surface area contributed by atoms with E-state index in [0.29, 0.717) is 24.2 Å². The van der Waals surface area contributed by atoms with Gasteiger partial charge in [0.15, 0.2) is 0 Å². The van der Waals surface area contributed by atoms with Gasteiger partial charge >= 0.3 is 0 Å². The summed E-state index contributed by atoms with van der Waals surface area (Å²) in [6.07, 6.45) is 0.148. The van der Waals surface area contributed by atoms with Crippen LogP contribution in [0.25, 0.3) is 10.9 Å². The normalized spacial score (nSPS) is 12.4. The standard InChI is InChI=1S/C14H20N2O3S/c1-10(2)19-9-8-16-11(3)14(20(15,17)18)12-6-4-5-7-13(12)16/h4-7,10H,8-9H2,1-3H3,(H2,15,17,18). The molecule has 0 atom stereocenters. The van der Waals surface area contributed by atoms with Crippen molar-refractivity contribution in [1.29, 1.82) is 0 Å². The van der Waals surface area contributed by atoms with Gasteiger partial charge in [0.05, 0.1) is 12.7 Å². The van der Waals surface area contributed by atoms with Crippen molar-refractivity contribution < 1.29 is 13.2 Å². The molecule has 5 nitrogen and oxygen atoms in total. The molecule has 1 heterocycles. The van der Waals surface area contributed by atoms with Crippen LogP contribution >= 0.6 is 0 Å². The van der Waals surface area contributed by atoms with Gasteiger partial charge < -0.3 is 9.30 Å². The molecule has 1 aromatic heterocycles. The fourth-order valence-corrected chi connectivity index (χ4v) is 3.43. The molecular formula is C14H20N2O3S. The van der Waals surface area contributed by atoms with Crippen LogP contribution < -0.4 is 5.14 Å². The number of para-hydroxylation sites is 1. The van der Waals surface area contributed by atoms with Gasteiger partial charge in [-0.1, -0.05) is 18.2 Å². The third-order valence-corrected chi connectivity index (χ3v) is 4.31. The van der Waals surface area contributed by atoms with E-state index in [1.54, 1.807) is 13.0 Å². The maximum Gasteiger partial charge on any atom is 0.240 e. The Morgan fingerprint density at radius 2 is 1.95 bits per heavy atom. The molecule has 0 aliphatic rings. The average Bonchev–Trinajstić information content (AvgIpc) is 2.61. The second-order valence-corrected chi connectivity index (χ2v) is 6.55. The summed E-state index contributed by atoms with van der Waals surface area (Å²) in [5.41, 5.74) is 1.52. The number of hydrogen-bond donors (Lipinski definition) is 1. The zero-order valence-corrected chi connectivity index (χ0v) is 12.8. The Bertz CT molecular complexity index is 717. The minimum absolute atomic E-state index is 0.148. The molecule has 0 bridgehead atoms. The summed E-state index contributed by atoms with van der Waals surface area (Å²) in [6.45, 7) is 6.84. The molecule has 110 valence electrons. The second kappa shape index (κ2) is 5.55. The van der Waals surface area contributed by atoms with Crippen LogP contribution in [0.3, 0.4) is 0 Å². The number of nitrogens with zero attached hydrogens (tertiary/aromatic N) is 1.